The van der Waals surface area contributed by atoms with Gasteiger partial charge in [0, 0.05) is 12.5 Å². The zero-order chi connectivity index (χ0) is 10.6. The molecule has 0 atom stereocenters. The van der Waals surface area contributed by atoms with E-state index in [9.17, 15) is 9.59 Å². The minimum absolute atomic E-state index is 0.00655. The van der Waals surface area contributed by atoms with E-state index < -0.39 is 11.4 Å². The minimum atomic E-state index is -0.456. The summed E-state index contributed by atoms with van der Waals surface area (Å²) < 4.78 is 4.45. The fraction of sp³-hybridized carbons (Fsp3) is 0.778. The highest BCUT2D eigenvalue weighted by atomic mass is 16.5. The largest absolute Gasteiger partial charge is 0.468 e. The molecule has 1 amide bonds. The maximum atomic E-state index is 11.5. The fourth-order valence-corrected chi connectivity index (χ4v) is 0.903. The second-order valence-electron chi connectivity index (χ2n) is 3.99. The fourth-order valence-electron chi connectivity index (χ4n) is 0.903. The van der Waals surface area contributed by atoms with Gasteiger partial charge < -0.3 is 9.64 Å². The molecule has 0 aliphatic carbocycles. The van der Waals surface area contributed by atoms with Crippen molar-refractivity contribution in [3.8, 4) is 0 Å². The van der Waals surface area contributed by atoms with Gasteiger partial charge in [-0.1, -0.05) is 20.8 Å². The highest BCUT2D eigenvalue weighted by Crippen LogP contribution is 2.15. The molecule has 13 heavy (non-hydrogen) atoms. The van der Waals surface area contributed by atoms with Gasteiger partial charge in [0.15, 0.2) is 0 Å². The Labute approximate surface area is 78.9 Å². The second-order valence-corrected chi connectivity index (χ2v) is 3.99. The SMILES string of the molecule is COC(=O)CN(C)C(=O)C(C)(C)C. The summed E-state index contributed by atoms with van der Waals surface area (Å²) in [6, 6.07) is 0. The number of methoxy groups -OCH3 is 1. The van der Waals surface area contributed by atoms with Crippen LogP contribution in [0.1, 0.15) is 20.8 Å². The summed E-state index contributed by atoms with van der Waals surface area (Å²) in [6.45, 7) is 5.43. The monoisotopic (exact) mass is 187 g/mol. The van der Waals surface area contributed by atoms with E-state index in [2.05, 4.69) is 4.74 Å². The molecule has 0 aromatic heterocycles. The molecule has 0 aliphatic heterocycles. The predicted molar refractivity (Wildman–Crippen MR) is 49.1 cm³/mol. The molecule has 0 rings (SSSR count). The third-order valence-corrected chi connectivity index (χ3v) is 1.58. The second kappa shape index (κ2) is 4.25. The maximum absolute atomic E-state index is 11.5. The molecule has 4 heteroatoms. The van der Waals surface area contributed by atoms with Crippen LogP contribution in [0.25, 0.3) is 0 Å². The average molecular weight is 187 g/mol. The number of ether oxygens (including phenoxy) is 1. The normalized spacial score (nSPS) is 10.8. The number of nitrogens with zero attached hydrogens (tertiary/aromatic N) is 1. The first-order chi connectivity index (χ1) is 5.79. The Morgan fingerprint density at radius 1 is 1.31 bits per heavy atom. The first-order valence-corrected chi connectivity index (χ1v) is 4.11. The molecule has 76 valence electrons. The number of rotatable bonds is 2. The molecule has 0 bridgehead atoms. The van der Waals surface area contributed by atoms with Crippen LogP contribution < -0.4 is 0 Å². The summed E-state index contributed by atoms with van der Waals surface area (Å²) in [7, 11) is 2.89. The highest BCUT2D eigenvalue weighted by molar-refractivity contribution is 5.85. The summed E-state index contributed by atoms with van der Waals surface area (Å²) >= 11 is 0. The van der Waals surface area contributed by atoms with Gasteiger partial charge in [0.05, 0.1) is 7.11 Å². The van der Waals surface area contributed by atoms with Crippen molar-refractivity contribution in [1.29, 1.82) is 0 Å². The number of hydrogen-bond acceptors (Lipinski definition) is 3. The van der Waals surface area contributed by atoms with E-state index in [0.29, 0.717) is 0 Å². The first kappa shape index (κ1) is 11.9. The minimum Gasteiger partial charge on any atom is -0.468 e. The van der Waals surface area contributed by atoms with Crippen LogP contribution in [-0.2, 0) is 14.3 Å². The lowest BCUT2D eigenvalue weighted by atomic mass is 9.95. The molecule has 0 unspecified atom stereocenters. The summed E-state index contributed by atoms with van der Waals surface area (Å²) in [5.74, 6) is -0.474. The molecule has 0 fully saturated rings. The van der Waals surface area contributed by atoms with Crippen molar-refractivity contribution in [2.24, 2.45) is 5.41 Å². The average Bonchev–Trinajstić information content (AvgIpc) is 2.01. The molecule has 0 aromatic rings. The molecule has 4 nitrogen and oxygen atoms in total. The van der Waals surface area contributed by atoms with Crippen LogP contribution in [0.2, 0.25) is 0 Å². The number of hydrogen-bond donors (Lipinski definition) is 0. The summed E-state index contributed by atoms with van der Waals surface area (Å²) in [5, 5.41) is 0. The van der Waals surface area contributed by atoms with E-state index in [1.54, 1.807) is 7.05 Å². The van der Waals surface area contributed by atoms with E-state index in [1.807, 2.05) is 20.8 Å². The van der Waals surface area contributed by atoms with Gasteiger partial charge in [0.2, 0.25) is 5.91 Å². The van der Waals surface area contributed by atoms with Gasteiger partial charge in [-0.2, -0.15) is 0 Å². The Morgan fingerprint density at radius 2 is 1.77 bits per heavy atom. The molecule has 0 aromatic carbocycles. The lowest BCUT2D eigenvalue weighted by Crippen LogP contribution is -2.39. The summed E-state index contributed by atoms with van der Waals surface area (Å²) in [4.78, 5) is 23.7. The third kappa shape index (κ3) is 3.92. The van der Waals surface area contributed by atoms with Crippen molar-refractivity contribution < 1.29 is 14.3 Å². The van der Waals surface area contributed by atoms with Gasteiger partial charge in [-0.05, 0) is 0 Å². The lowest BCUT2D eigenvalue weighted by Gasteiger charge is -2.24. The maximum Gasteiger partial charge on any atom is 0.325 e. The van der Waals surface area contributed by atoms with Gasteiger partial charge in [0.25, 0.3) is 0 Å². The van der Waals surface area contributed by atoms with Crippen LogP contribution in [-0.4, -0.2) is 37.5 Å². The topological polar surface area (TPSA) is 46.6 Å². The molecular formula is C9H17NO3. The van der Waals surface area contributed by atoms with E-state index >= 15 is 0 Å². The van der Waals surface area contributed by atoms with E-state index in [0.717, 1.165) is 0 Å². The number of carbonyl (C=O) groups is 2. The van der Waals surface area contributed by atoms with Crippen molar-refractivity contribution in [2.45, 2.75) is 20.8 Å². The Morgan fingerprint density at radius 3 is 2.08 bits per heavy atom. The molecular weight excluding hydrogens is 170 g/mol. The molecule has 0 saturated carbocycles. The smallest absolute Gasteiger partial charge is 0.325 e. The van der Waals surface area contributed by atoms with Crippen molar-refractivity contribution >= 4 is 11.9 Å². The van der Waals surface area contributed by atoms with E-state index in [1.165, 1.54) is 12.0 Å². The van der Waals surface area contributed by atoms with Gasteiger partial charge in [-0.25, -0.2) is 0 Å². The van der Waals surface area contributed by atoms with E-state index in [4.69, 9.17) is 0 Å². The Bertz CT molecular complexity index is 205. The van der Waals surface area contributed by atoms with Crippen LogP contribution in [0.3, 0.4) is 0 Å². The van der Waals surface area contributed by atoms with Gasteiger partial charge in [-0.3, -0.25) is 9.59 Å². The number of amides is 1. The first-order valence-electron chi connectivity index (χ1n) is 4.11. The molecule has 0 radical (unpaired) electrons. The van der Waals surface area contributed by atoms with Gasteiger partial charge in [0.1, 0.15) is 6.54 Å². The van der Waals surface area contributed by atoms with Crippen LogP contribution in [0.5, 0.6) is 0 Å². The Hall–Kier alpha value is -1.06. The standard InChI is InChI=1S/C9H17NO3/c1-9(2,3)8(12)10(4)6-7(11)13-5/h6H2,1-5H3. The van der Waals surface area contributed by atoms with Crippen molar-refractivity contribution in [2.75, 3.05) is 20.7 Å². The Balaban J connectivity index is 4.20. The van der Waals surface area contributed by atoms with Crippen molar-refractivity contribution in [3.05, 3.63) is 0 Å². The molecule has 0 N–H and O–H groups in total. The number of esters is 1. The lowest BCUT2D eigenvalue weighted by molar-refractivity contribution is -0.149. The zero-order valence-corrected chi connectivity index (χ0v) is 8.88. The highest BCUT2D eigenvalue weighted by Gasteiger charge is 2.25. The number of carbonyl (C=O) groups excluding carboxylic acids is 2. The third-order valence-electron chi connectivity index (χ3n) is 1.58. The molecule has 0 heterocycles. The van der Waals surface area contributed by atoms with Crippen LogP contribution >= 0.6 is 0 Å². The van der Waals surface area contributed by atoms with Crippen molar-refractivity contribution in [3.63, 3.8) is 0 Å². The van der Waals surface area contributed by atoms with Crippen LogP contribution in [0, 0.1) is 5.41 Å². The van der Waals surface area contributed by atoms with Crippen LogP contribution in [0.15, 0.2) is 0 Å². The Kier molecular flexibility index (Phi) is 3.91. The summed E-state index contributed by atoms with van der Waals surface area (Å²) in [6.07, 6.45) is 0. The van der Waals surface area contributed by atoms with Crippen LogP contribution in [0.4, 0.5) is 0 Å². The quantitative estimate of drug-likeness (QED) is 0.597. The van der Waals surface area contributed by atoms with Crippen molar-refractivity contribution in [1.82, 2.24) is 4.90 Å². The van der Waals surface area contributed by atoms with Gasteiger partial charge in [-0.15, -0.1) is 0 Å². The van der Waals surface area contributed by atoms with E-state index in [-0.39, 0.29) is 12.5 Å². The molecule has 0 saturated heterocycles. The number of likely N-dealkylation sites (N-methyl/N-ethyl adjacent to an activating group) is 1. The predicted octanol–water partition coefficient (Wildman–Crippen LogP) is 0.664. The zero-order valence-electron chi connectivity index (χ0n) is 8.88. The molecule has 0 aliphatic rings. The summed E-state index contributed by atoms with van der Waals surface area (Å²) in [5.41, 5.74) is -0.456. The molecule has 0 spiro atoms. The van der Waals surface area contributed by atoms with Gasteiger partial charge >= 0.3 is 5.97 Å².